The summed E-state index contributed by atoms with van der Waals surface area (Å²) in [7, 11) is 0. The molecule has 0 aliphatic carbocycles. The summed E-state index contributed by atoms with van der Waals surface area (Å²) >= 11 is 0. The van der Waals surface area contributed by atoms with E-state index in [-0.39, 0.29) is 0 Å². The highest BCUT2D eigenvalue weighted by molar-refractivity contribution is 5.16. The maximum atomic E-state index is 5.36. The van der Waals surface area contributed by atoms with Crippen molar-refractivity contribution in [1.29, 1.82) is 0 Å². The Labute approximate surface area is 91.8 Å². The van der Waals surface area contributed by atoms with Gasteiger partial charge in [0.2, 0.25) is 0 Å². The quantitative estimate of drug-likeness (QED) is 0.752. The van der Waals surface area contributed by atoms with E-state index >= 15 is 0 Å². The Hall–Kier alpha value is -0.800. The topological polar surface area (TPSA) is 34.4 Å². The van der Waals surface area contributed by atoms with Gasteiger partial charge in [0.25, 0.3) is 0 Å². The van der Waals surface area contributed by atoms with Crippen LogP contribution in [0.2, 0.25) is 0 Å². The molecule has 3 nitrogen and oxygen atoms in total. The molecule has 0 spiro atoms. The van der Waals surface area contributed by atoms with E-state index in [1.54, 1.807) is 6.26 Å². The highest BCUT2D eigenvalue weighted by atomic mass is 16.5. The number of furan rings is 1. The van der Waals surface area contributed by atoms with E-state index in [0.717, 1.165) is 25.5 Å². The Balaban J connectivity index is 2.35. The van der Waals surface area contributed by atoms with Crippen LogP contribution in [0.5, 0.6) is 0 Å². The Morgan fingerprint density at radius 1 is 1.47 bits per heavy atom. The summed E-state index contributed by atoms with van der Waals surface area (Å²) < 4.78 is 10.7. The average Bonchev–Trinajstić information content (AvgIpc) is 2.62. The molecular weight excluding hydrogens is 190 g/mol. The molecule has 0 atom stereocenters. The standard InChI is InChI=1S/C12H21NO2/c1-4-14-9-12-11(5-6-15-12)8-13-7-10(2)3/h5-6,10,13H,4,7-9H2,1-3H3. The SMILES string of the molecule is CCOCc1occc1CNCC(C)C. The summed E-state index contributed by atoms with van der Waals surface area (Å²) in [6.45, 7) is 9.56. The lowest BCUT2D eigenvalue weighted by Gasteiger charge is -2.07. The van der Waals surface area contributed by atoms with Crippen molar-refractivity contribution in [3.8, 4) is 0 Å². The summed E-state index contributed by atoms with van der Waals surface area (Å²) in [5.74, 6) is 1.61. The number of hydrogen-bond acceptors (Lipinski definition) is 3. The van der Waals surface area contributed by atoms with Gasteiger partial charge in [-0.05, 0) is 25.5 Å². The Bertz CT molecular complexity index is 268. The van der Waals surface area contributed by atoms with Gasteiger partial charge in [-0.2, -0.15) is 0 Å². The third-order valence-corrected chi connectivity index (χ3v) is 2.14. The van der Waals surface area contributed by atoms with E-state index in [9.17, 15) is 0 Å². The molecule has 0 aliphatic heterocycles. The van der Waals surface area contributed by atoms with Crippen LogP contribution in [0.25, 0.3) is 0 Å². The molecule has 0 aromatic carbocycles. The highest BCUT2D eigenvalue weighted by Gasteiger charge is 2.05. The van der Waals surface area contributed by atoms with Gasteiger partial charge in [0, 0.05) is 18.7 Å². The largest absolute Gasteiger partial charge is 0.467 e. The van der Waals surface area contributed by atoms with Crippen LogP contribution in [-0.4, -0.2) is 13.2 Å². The minimum Gasteiger partial charge on any atom is -0.467 e. The van der Waals surface area contributed by atoms with Crippen LogP contribution >= 0.6 is 0 Å². The fraction of sp³-hybridized carbons (Fsp3) is 0.667. The monoisotopic (exact) mass is 211 g/mol. The smallest absolute Gasteiger partial charge is 0.133 e. The maximum absolute atomic E-state index is 5.36. The van der Waals surface area contributed by atoms with Crippen molar-refractivity contribution >= 4 is 0 Å². The van der Waals surface area contributed by atoms with Crippen LogP contribution in [0, 0.1) is 5.92 Å². The Morgan fingerprint density at radius 2 is 2.27 bits per heavy atom. The van der Waals surface area contributed by atoms with Gasteiger partial charge in [0.1, 0.15) is 12.4 Å². The first kappa shape index (κ1) is 12.3. The van der Waals surface area contributed by atoms with E-state index < -0.39 is 0 Å². The van der Waals surface area contributed by atoms with Crippen LogP contribution in [0.3, 0.4) is 0 Å². The summed E-state index contributed by atoms with van der Waals surface area (Å²) in [6.07, 6.45) is 1.72. The van der Waals surface area contributed by atoms with Crippen molar-refractivity contribution in [3.05, 3.63) is 23.7 Å². The minimum absolute atomic E-state index is 0.572. The van der Waals surface area contributed by atoms with E-state index in [1.165, 1.54) is 5.56 Å². The lowest BCUT2D eigenvalue weighted by atomic mass is 10.2. The number of hydrogen-bond donors (Lipinski definition) is 1. The predicted octanol–water partition coefficient (Wildman–Crippen LogP) is 2.56. The van der Waals surface area contributed by atoms with E-state index in [0.29, 0.717) is 12.5 Å². The molecule has 0 unspecified atom stereocenters. The van der Waals surface area contributed by atoms with Gasteiger partial charge >= 0.3 is 0 Å². The summed E-state index contributed by atoms with van der Waals surface area (Å²) in [6, 6.07) is 2.00. The fourth-order valence-corrected chi connectivity index (χ4v) is 1.34. The maximum Gasteiger partial charge on any atom is 0.133 e. The molecule has 1 aromatic rings. The van der Waals surface area contributed by atoms with Crippen LogP contribution in [0.15, 0.2) is 16.7 Å². The second-order valence-corrected chi connectivity index (χ2v) is 4.03. The molecule has 0 radical (unpaired) electrons. The van der Waals surface area contributed by atoms with E-state index in [1.807, 2.05) is 13.0 Å². The molecule has 0 amide bonds. The normalized spacial score (nSPS) is 11.2. The zero-order valence-electron chi connectivity index (χ0n) is 9.88. The van der Waals surface area contributed by atoms with Gasteiger partial charge in [0.05, 0.1) is 6.26 Å². The molecule has 86 valence electrons. The average molecular weight is 211 g/mol. The molecule has 0 saturated heterocycles. The number of ether oxygens (including phenoxy) is 1. The first-order valence-corrected chi connectivity index (χ1v) is 5.57. The second-order valence-electron chi connectivity index (χ2n) is 4.03. The molecule has 3 heteroatoms. The lowest BCUT2D eigenvalue weighted by Crippen LogP contribution is -2.19. The molecule has 1 rings (SSSR count). The third kappa shape index (κ3) is 4.49. The molecule has 1 heterocycles. The molecule has 0 fully saturated rings. The first-order valence-electron chi connectivity index (χ1n) is 5.57. The fourth-order valence-electron chi connectivity index (χ4n) is 1.34. The zero-order valence-corrected chi connectivity index (χ0v) is 9.88. The van der Waals surface area contributed by atoms with Crippen molar-refractivity contribution in [2.45, 2.75) is 33.9 Å². The van der Waals surface area contributed by atoms with Gasteiger partial charge in [0.15, 0.2) is 0 Å². The van der Waals surface area contributed by atoms with Crippen LogP contribution in [0.1, 0.15) is 32.1 Å². The van der Waals surface area contributed by atoms with Crippen molar-refractivity contribution in [3.63, 3.8) is 0 Å². The van der Waals surface area contributed by atoms with Gasteiger partial charge in [-0.1, -0.05) is 13.8 Å². The first-order chi connectivity index (χ1) is 7.24. The summed E-state index contributed by atoms with van der Waals surface area (Å²) in [5, 5.41) is 3.39. The third-order valence-electron chi connectivity index (χ3n) is 2.14. The molecule has 15 heavy (non-hydrogen) atoms. The molecule has 0 aliphatic rings. The van der Waals surface area contributed by atoms with Crippen molar-refractivity contribution in [2.75, 3.05) is 13.2 Å². The number of nitrogens with one attached hydrogen (secondary N) is 1. The van der Waals surface area contributed by atoms with Crippen LogP contribution in [0.4, 0.5) is 0 Å². The van der Waals surface area contributed by atoms with Crippen molar-refractivity contribution < 1.29 is 9.15 Å². The molecule has 0 bridgehead atoms. The Morgan fingerprint density at radius 3 is 2.93 bits per heavy atom. The lowest BCUT2D eigenvalue weighted by molar-refractivity contribution is 0.117. The van der Waals surface area contributed by atoms with Crippen LogP contribution in [-0.2, 0) is 17.9 Å². The molecule has 1 aromatic heterocycles. The van der Waals surface area contributed by atoms with Gasteiger partial charge < -0.3 is 14.5 Å². The van der Waals surface area contributed by atoms with Crippen molar-refractivity contribution in [1.82, 2.24) is 5.32 Å². The molecule has 0 saturated carbocycles. The second kappa shape index (κ2) is 6.64. The molecular formula is C12H21NO2. The van der Waals surface area contributed by atoms with E-state index in [4.69, 9.17) is 9.15 Å². The van der Waals surface area contributed by atoms with Crippen molar-refractivity contribution in [2.24, 2.45) is 5.92 Å². The van der Waals surface area contributed by atoms with E-state index in [2.05, 4.69) is 19.2 Å². The zero-order chi connectivity index (χ0) is 11.1. The van der Waals surface area contributed by atoms with Gasteiger partial charge in [-0.15, -0.1) is 0 Å². The summed E-state index contributed by atoms with van der Waals surface area (Å²) in [4.78, 5) is 0. The van der Waals surface area contributed by atoms with Gasteiger partial charge in [-0.3, -0.25) is 0 Å². The summed E-state index contributed by atoms with van der Waals surface area (Å²) in [5.41, 5.74) is 1.20. The number of rotatable bonds is 7. The highest BCUT2D eigenvalue weighted by Crippen LogP contribution is 2.11. The Kier molecular flexibility index (Phi) is 5.43. The van der Waals surface area contributed by atoms with Gasteiger partial charge in [-0.25, -0.2) is 0 Å². The predicted molar refractivity (Wildman–Crippen MR) is 60.6 cm³/mol. The van der Waals surface area contributed by atoms with Crippen LogP contribution < -0.4 is 5.32 Å². The minimum atomic E-state index is 0.572. The molecule has 1 N–H and O–H groups in total.